The maximum Gasteiger partial charge on any atom is 0.274 e. The molecule has 0 saturated carbocycles. The molecule has 2 aromatic heterocycles. The van der Waals surface area contributed by atoms with Gasteiger partial charge in [0.1, 0.15) is 22.8 Å². The van der Waals surface area contributed by atoms with E-state index in [-0.39, 0.29) is 76.2 Å². The summed E-state index contributed by atoms with van der Waals surface area (Å²) in [6.45, 7) is 5.38. The molecule has 0 fully saturated rings. The number of hydrogen-bond donors (Lipinski definition) is 4. The number of hydrogen-bond acceptors (Lipinski definition) is 10. The summed E-state index contributed by atoms with van der Waals surface area (Å²) in [7, 11) is 7.36. The number of nitrogens with zero attached hydrogens (tertiary/aromatic N) is 6. The van der Waals surface area contributed by atoms with E-state index in [0.29, 0.717) is 56.0 Å². The average molecular weight is 891 g/mol. The van der Waals surface area contributed by atoms with E-state index in [0.717, 1.165) is 0 Å². The molecule has 0 radical (unpaired) electrons. The Hall–Kier alpha value is -6.11. The van der Waals surface area contributed by atoms with E-state index < -0.39 is 51.8 Å². The van der Waals surface area contributed by atoms with Gasteiger partial charge in [-0.25, -0.2) is 8.78 Å². The van der Waals surface area contributed by atoms with Crippen LogP contribution in [0.15, 0.2) is 52.1 Å². The molecule has 4 atom stereocenters. The van der Waals surface area contributed by atoms with Crippen LogP contribution in [-0.4, -0.2) is 117 Å². The fraction of sp³-hybridized carbons (Fsp3) is 0.409. The molecule has 0 aliphatic carbocycles. The lowest BCUT2D eigenvalue weighted by atomic mass is 10.0. The summed E-state index contributed by atoms with van der Waals surface area (Å²) in [4.78, 5) is 85.2. The molecule has 4 aliphatic rings. The van der Waals surface area contributed by atoms with Crippen molar-refractivity contribution in [1.29, 1.82) is 0 Å². The molecule has 4 N–H and O–H groups in total. The van der Waals surface area contributed by atoms with Crippen LogP contribution in [0.3, 0.4) is 0 Å². The van der Waals surface area contributed by atoms with Gasteiger partial charge in [0.2, 0.25) is 10.9 Å². The molecule has 6 heterocycles. The second kappa shape index (κ2) is 17.6. The second-order valence-electron chi connectivity index (χ2n) is 16.4. The third-order valence-corrected chi connectivity index (χ3v) is 12.6. The van der Waals surface area contributed by atoms with Crippen molar-refractivity contribution in [2.75, 3.05) is 54.4 Å². The van der Waals surface area contributed by atoms with Gasteiger partial charge in [-0.1, -0.05) is 35.9 Å². The van der Waals surface area contributed by atoms with Gasteiger partial charge in [0.05, 0.1) is 40.6 Å². The van der Waals surface area contributed by atoms with Gasteiger partial charge >= 0.3 is 0 Å². The molecule has 4 aromatic rings. The monoisotopic (exact) mass is 890 g/mol. The predicted molar refractivity (Wildman–Crippen MR) is 228 cm³/mol. The first-order chi connectivity index (χ1) is 29.9. The SMILES string of the molecule is CCN1C[C@@H]2C[C@@H](N(C)C)c3c(C(=O)NCc4ccc(F)cc4)c(=O)c(O)c(n32)C1=O.CCN1C[C@@H]2C[C@@H](N(C)C)c3c(C(=O)NCc4cccc(Cl)c4F)c(=O)c(O)c(n32)C1=O. The molecule has 4 amide bonds. The summed E-state index contributed by atoms with van der Waals surface area (Å²) in [5, 5.41) is 26.5. The maximum absolute atomic E-state index is 14.2. The highest BCUT2D eigenvalue weighted by molar-refractivity contribution is 6.30. The zero-order valence-electron chi connectivity index (χ0n) is 35.7. The first kappa shape index (κ1) is 44.9. The molecule has 8 rings (SSSR count). The number of halogens is 3. The molecule has 0 bridgehead atoms. The van der Waals surface area contributed by atoms with E-state index in [1.54, 1.807) is 37.1 Å². The van der Waals surface area contributed by atoms with Crippen LogP contribution in [0.25, 0.3) is 0 Å². The summed E-state index contributed by atoms with van der Waals surface area (Å²) in [6.07, 6.45) is 1.20. The van der Waals surface area contributed by atoms with Crippen molar-refractivity contribution in [3.63, 3.8) is 0 Å². The Kier molecular flexibility index (Phi) is 12.5. The van der Waals surface area contributed by atoms with Crippen LogP contribution in [0.4, 0.5) is 8.78 Å². The van der Waals surface area contributed by atoms with Crippen LogP contribution in [0.1, 0.15) is 115 Å². The average Bonchev–Trinajstić information content (AvgIpc) is 3.82. The van der Waals surface area contributed by atoms with E-state index in [1.165, 1.54) is 24.3 Å². The van der Waals surface area contributed by atoms with Gasteiger partial charge in [-0.15, -0.1) is 0 Å². The quantitative estimate of drug-likeness (QED) is 0.182. The van der Waals surface area contributed by atoms with Gasteiger partial charge in [0.15, 0.2) is 22.9 Å². The number of carbonyl (C=O) groups excluding carboxylic acids is 4. The van der Waals surface area contributed by atoms with E-state index in [9.17, 15) is 47.8 Å². The number of benzene rings is 2. The van der Waals surface area contributed by atoms with Gasteiger partial charge in [0.25, 0.3) is 23.6 Å². The molecular weight excluding hydrogens is 842 g/mol. The van der Waals surface area contributed by atoms with E-state index in [2.05, 4.69) is 10.6 Å². The highest BCUT2D eigenvalue weighted by Gasteiger charge is 2.47. The van der Waals surface area contributed by atoms with Gasteiger partial charge in [-0.2, -0.15) is 0 Å². The molecule has 4 aliphatic heterocycles. The standard InChI is InChI=1S/C22H24ClFN4O4.C22H25FN4O4/c1-4-27-10-12-8-14(26(2)3)17-15(19(29)20(30)18(22(27)32)28(12)17)21(31)25-9-11-6-5-7-13(23)16(11)24;1-4-26-11-14-9-15(25(2)3)17-16(19(28)20(29)18(22(26)31)27(14)17)21(30)24-10-12-5-7-13(23)8-6-12/h5-7,12,14,30H,4,8-10H2,1-3H3,(H,25,31);5-8,14-15,29H,4,9-11H2,1-3H3,(H,24,30)/t12-,14+;14-,15+/m00/s1. The molecule has 0 unspecified atom stereocenters. The van der Waals surface area contributed by atoms with E-state index in [1.807, 2.05) is 51.8 Å². The molecule has 0 spiro atoms. The zero-order valence-corrected chi connectivity index (χ0v) is 36.4. The molecule has 334 valence electrons. The number of aromatic nitrogens is 2. The molecule has 2 aromatic carbocycles. The van der Waals surface area contributed by atoms with Crippen LogP contribution in [0.5, 0.6) is 11.5 Å². The fourth-order valence-electron chi connectivity index (χ4n) is 9.17. The summed E-state index contributed by atoms with van der Waals surface area (Å²) >= 11 is 5.80. The highest BCUT2D eigenvalue weighted by atomic mass is 35.5. The van der Waals surface area contributed by atoms with Crippen molar-refractivity contribution in [2.45, 2.75) is 63.9 Å². The zero-order chi connectivity index (χ0) is 45.8. The number of nitrogens with one attached hydrogen (secondary N) is 2. The van der Waals surface area contributed by atoms with Crippen LogP contribution in [0, 0.1) is 11.6 Å². The maximum atomic E-state index is 14.2. The lowest BCUT2D eigenvalue weighted by Gasteiger charge is -2.33. The van der Waals surface area contributed by atoms with E-state index in [4.69, 9.17) is 11.6 Å². The summed E-state index contributed by atoms with van der Waals surface area (Å²) in [6, 6.07) is 9.24. The van der Waals surface area contributed by atoms with Gasteiger partial charge in [0, 0.05) is 44.8 Å². The lowest BCUT2D eigenvalue weighted by molar-refractivity contribution is 0.0666. The smallest absolute Gasteiger partial charge is 0.274 e. The topological polar surface area (TPSA) is 190 Å². The minimum absolute atomic E-state index is 0.0439. The minimum atomic E-state index is -0.908. The number of aromatic hydroxyl groups is 2. The van der Waals surface area contributed by atoms with E-state index >= 15 is 0 Å². The second-order valence-corrected chi connectivity index (χ2v) is 16.9. The Balaban J connectivity index is 0.000000189. The third-order valence-electron chi connectivity index (χ3n) is 12.3. The first-order valence-electron chi connectivity index (χ1n) is 20.6. The number of likely N-dealkylation sites (N-methyl/N-ethyl adjacent to an activating group) is 2. The van der Waals surface area contributed by atoms with Crippen molar-refractivity contribution in [3.05, 3.63) is 125 Å². The van der Waals surface area contributed by atoms with Crippen molar-refractivity contribution in [1.82, 2.24) is 39.4 Å². The first-order valence-corrected chi connectivity index (χ1v) is 21.0. The Morgan fingerprint density at radius 3 is 1.59 bits per heavy atom. The highest BCUT2D eigenvalue weighted by Crippen LogP contribution is 2.45. The molecule has 19 heteroatoms. The minimum Gasteiger partial charge on any atom is -0.503 e. The molecule has 16 nitrogen and oxygen atoms in total. The largest absolute Gasteiger partial charge is 0.503 e. The summed E-state index contributed by atoms with van der Waals surface area (Å²) < 4.78 is 30.7. The van der Waals surface area contributed by atoms with Crippen LogP contribution >= 0.6 is 11.6 Å². The van der Waals surface area contributed by atoms with Crippen LogP contribution in [0.2, 0.25) is 5.02 Å². The molecular formula is C44H49ClF2N8O8. The lowest BCUT2D eigenvalue weighted by Crippen LogP contribution is -2.44. The van der Waals surface area contributed by atoms with Crippen molar-refractivity contribution in [3.8, 4) is 11.5 Å². The number of carbonyl (C=O) groups is 4. The Morgan fingerprint density at radius 1 is 0.714 bits per heavy atom. The third kappa shape index (κ3) is 7.84. The van der Waals surface area contributed by atoms with Crippen molar-refractivity contribution < 1.29 is 38.2 Å². The Morgan fingerprint density at radius 2 is 1.16 bits per heavy atom. The number of rotatable bonds is 10. The van der Waals surface area contributed by atoms with Crippen LogP contribution < -0.4 is 21.5 Å². The van der Waals surface area contributed by atoms with Gasteiger partial charge in [-0.05, 0) is 78.6 Å². The molecule has 63 heavy (non-hydrogen) atoms. The fourth-order valence-corrected chi connectivity index (χ4v) is 9.36. The number of pyridine rings is 2. The van der Waals surface area contributed by atoms with Crippen molar-refractivity contribution in [2.24, 2.45) is 0 Å². The molecule has 0 saturated heterocycles. The van der Waals surface area contributed by atoms with Crippen molar-refractivity contribution >= 4 is 35.2 Å². The predicted octanol–water partition coefficient (Wildman–Crippen LogP) is 3.95. The Bertz CT molecular complexity index is 2650. The number of amides is 4. The normalized spacial score (nSPS) is 19.5. The summed E-state index contributed by atoms with van der Waals surface area (Å²) in [5.74, 6) is -4.68. The Labute approximate surface area is 366 Å². The van der Waals surface area contributed by atoms with Gasteiger partial charge < -0.3 is 49.6 Å². The van der Waals surface area contributed by atoms with Gasteiger partial charge in [-0.3, -0.25) is 28.8 Å². The summed E-state index contributed by atoms with van der Waals surface area (Å²) in [5.41, 5.74) is -0.577. The van der Waals surface area contributed by atoms with Crippen LogP contribution in [-0.2, 0) is 13.1 Å².